The van der Waals surface area contributed by atoms with Gasteiger partial charge in [0, 0.05) is 0 Å². The van der Waals surface area contributed by atoms with E-state index in [1.54, 1.807) is 13.4 Å². The second-order valence-electron chi connectivity index (χ2n) is 1.78. The summed E-state index contributed by atoms with van der Waals surface area (Å²) in [5, 5.41) is 0. The van der Waals surface area contributed by atoms with Crippen molar-refractivity contribution in [2.75, 3.05) is 0 Å². The van der Waals surface area contributed by atoms with E-state index in [-0.39, 0.29) is 0 Å². The number of rotatable bonds is 0. The van der Waals surface area contributed by atoms with E-state index in [0.717, 1.165) is 11.2 Å². The third-order valence-electron chi connectivity index (χ3n) is 1.19. The molecule has 0 spiro atoms. The fraction of sp³-hybridized carbons (Fsp3) is 0. The molecule has 0 bridgehead atoms. The first kappa shape index (κ1) is 4.67. The number of nitrogens with one attached hydrogen (secondary N) is 1. The topological polar surface area (TPSA) is 41.6 Å². The van der Waals surface area contributed by atoms with Crippen LogP contribution in [0.15, 0.2) is 18.3 Å². The third-order valence-corrected chi connectivity index (χ3v) is 1.19. The molecule has 0 aliphatic carbocycles. The standard InChI is InChI=1S/C5H4BN3/c1-2-4-5(7-3-1)9-6-8-4/h1-3,8H. The van der Waals surface area contributed by atoms with Gasteiger partial charge < -0.3 is 0 Å². The molecule has 4 heteroatoms. The Labute approximate surface area is 52.4 Å². The van der Waals surface area contributed by atoms with E-state index in [0.29, 0.717) is 0 Å². The predicted molar refractivity (Wildman–Crippen MR) is 35.2 cm³/mol. The van der Waals surface area contributed by atoms with Gasteiger partial charge in [0.25, 0.3) is 0 Å². The number of hydrogen-bond donors (Lipinski definition) is 1. The zero-order valence-corrected chi connectivity index (χ0v) is 4.70. The number of aromatic amines is 1. The summed E-state index contributed by atoms with van der Waals surface area (Å²) in [6.45, 7) is 0. The zero-order valence-electron chi connectivity index (χ0n) is 4.70. The third kappa shape index (κ3) is 0.632. The van der Waals surface area contributed by atoms with Gasteiger partial charge in [0.05, 0.1) is 0 Å². The molecule has 0 saturated carbocycles. The van der Waals surface area contributed by atoms with Crippen molar-refractivity contribution in [3.63, 3.8) is 0 Å². The Morgan fingerprint density at radius 3 is 3.44 bits per heavy atom. The van der Waals surface area contributed by atoms with Crippen LogP contribution >= 0.6 is 0 Å². The van der Waals surface area contributed by atoms with Crippen molar-refractivity contribution < 1.29 is 0 Å². The summed E-state index contributed by atoms with van der Waals surface area (Å²) in [5.41, 5.74) is 1.76. The molecule has 0 aromatic carbocycles. The van der Waals surface area contributed by atoms with E-state index < -0.39 is 0 Å². The van der Waals surface area contributed by atoms with Crippen LogP contribution in [0, 0.1) is 0 Å². The predicted octanol–water partition coefficient (Wildman–Crippen LogP) is 0.296. The van der Waals surface area contributed by atoms with Crippen molar-refractivity contribution in [3.8, 4) is 0 Å². The molecule has 9 heavy (non-hydrogen) atoms. The molecule has 2 heterocycles. The van der Waals surface area contributed by atoms with Gasteiger partial charge in [-0.2, -0.15) is 0 Å². The fourth-order valence-corrected chi connectivity index (χ4v) is 0.775. The van der Waals surface area contributed by atoms with Crippen LogP contribution < -0.4 is 0 Å². The fourth-order valence-electron chi connectivity index (χ4n) is 0.775. The normalized spacial score (nSPS) is 9.78. The van der Waals surface area contributed by atoms with Crippen molar-refractivity contribution >= 4 is 18.4 Å². The van der Waals surface area contributed by atoms with Gasteiger partial charge in [-0.3, -0.25) is 0 Å². The van der Waals surface area contributed by atoms with Gasteiger partial charge >= 0.3 is 51.5 Å². The van der Waals surface area contributed by atoms with Crippen LogP contribution in [-0.2, 0) is 0 Å². The van der Waals surface area contributed by atoms with Crippen LogP contribution in [0.2, 0.25) is 0 Å². The first-order valence-electron chi connectivity index (χ1n) is 2.71. The van der Waals surface area contributed by atoms with Crippen molar-refractivity contribution in [2.45, 2.75) is 0 Å². The van der Waals surface area contributed by atoms with E-state index in [4.69, 9.17) is 0 Å². The van der Waals surface area contributed by atoms with Gasteiger partial charge in [-0.15, -0.1) is 0 Å². The molecule has 42 valence electrons. The quantitative estimate of drug-likeness (QED) is 0.538. The number of pyridine rings is 1. The molecule has 2 aromatic heterocycles. The molecule has 2 aromatic rings. The van der Waals surface area contributed by atoms with Crippen LogP contribution in [0.1, 0.15) is 0 Å². The SMILES string of the molecule is b1nc2ncccc2[nH]1. The van der Waals surface area contributed by atoms with Crippen LogP contribution in [0.4, 0.5) is 0 Å². The molecule has 0 fully saturated rings. The zero-order chi connectivity index (χ0) is 6.10. The van der Waals surface area contributed by atoms with Gasteiger partial charge in [-0.25, -0.2) is 0 Å². The molecule has 2 rings (SSSR count). The van der Waals surface area contributed by atoms with E-state index in [1.807, 2.05) is 12.1 Å². The second-order valence-corrected chi connectivity index (χ2v) is 1.78. The number of H-pyrrole nitrogens is 1. The minimum atomic E-state index is 0.775. The Morgan fingerprint density at radius 2 is 2.56 bits per heavy atom. The Hall–Kier alpha value is -1.19. The Bertz CT molecular complexity index is 286. The minimum absolute atomic E-state index is 0.775. The summed E-state index contributed by atoms with van der Waals surface area (Å²) in [6, 6.07) is 3.82. The molecule has 0 atom stereocenters. The molecule has 3 nitrogen and oxygen atoms in total. The van der Waals surface area contributed by atoms with Crippen molar-refractivity contribution in [2.24, 2.45) is 0 Å². The summed E-state index contributed by atoms with van der Waals surface area (Å²) in [4.78, 5) is 10.9. The summed E-state index contributed by atoms with van der Waals surface area (Å²) in [6.07, 6.45) is 1.73. The molecule has 0 aliphatic rings. The van der Waals surface area contributed by atoms with Gasteiger partial charge in [0.2, 0.25) is 0 Å². The summed E-state index contributed by atoms with van der Waals surface area (Å²) >= 11 is 0. The summed E-state index contributed by atoms with van der Waals surface area (Å²) in [7, 11) is 1.64. The number of nitrogens with zero attached hydrogens (tertiary/aromatic N) is 2. The van der Waals surface area contributed by atoms with Crippen LogP contribution in [0.3, 0.4) is 0 Å². The second kappa shape index (κ2) is 1.65. The summed E-state index contributed by atoms with van der Waals surface area (Å²) < 4.78 is 0. The monoisotopic (exact) mass is 117 g/mol. The number of aromatic nitrogens is 3. The first-order chi connectivity index (χ1) is 4.47. The van der Waals surface area contributed by atoms with Gasteiger partial charge in [-0.1, -0.05) is 0 Å². The Morgan fingerprint density at radius 1 is 1.56 bits per heavy atom. The van der Waals surface area contributed by atoms with Gasteiger partial charge in [-0.05, 0) is 0 Å². The van der Waals surface area contributed by atoms with E-state index in [2.05, 4.69) is 14.8 Å². The maximum absolute atomic E-state index is 4.00. The maximum atomic E-state index is 4.00. The Kier molecular flexibility index (Phi) is 0.857. The molecule has 1 N–H and O–H groups in total. The Balaban J connectivity index is 2.95. The van der Waals surface area contributed by atoms with Gasteiger partial charge in [0.1, 0.15) is 0 Å². The van der Waals surface area contributed by atoms with Gasteiger partial charge in [0.15, 0.2) is 0 Å². The molecule has 0 saturated heterocycles. The van der Waals surface area contributed by atoms with E-state index in [1.165, 1.54) is 0 Å². The molecule has 0 aliphatic heterocycles. The summed E-state index contributed by atoms with van der Waals surface area (Å²) in [5.74, 6) is 0. The average molecular weight is 117 g/mol. The van der Waals surface area contributed by atoms with E-state index in [9.17, 15) is 0 Å². The first-order valence-corrected chi connectivity index (χ1v) is 2.71. The van der Waals surface area contributed by atoms with Crippen molar-refractivity contribution in [3.05, 3.63) is 18.3 Å². The van der Waals surface area contributed by atoms with Crippen LogP contribution in [0.5, 0.6) is 0 Å². The van der Waals surface area contributed by atoms with Crippen molar-refractivity contribution in [1.29, 1.82) is 0 Å². The van der Waals surface area contributed by atoms with E-state index >= 15 is 0 Å². The van der Waals surface area contributed by atoms with Crippen LogP contribution in [-0.4, -0.2) is 22.0 Å². The van der Waals surface area contributed by atoms with Crippen molar-refractivity contribution in [1.82, 2.24) is 14.8 Å². The molecule has 0 radical (unpaired) electrons. The number of fused-ring (bicyclic) bond motifs is 1. The molecule has 0 amide bonds. The molecular weight excluding hydrogens is 113 g/mol. The molecular formula is C5H4BN3. The number of hydrogen-bond acceptors (Lipinski definition) is 2. The average Bonchev–Trinajstić information content (AvgIpc) is 2.33. The molecule has 0 unspecified atom stereocenters. The van der Waals surface area contributed by atoms with Crippen LogP contribution in [0.25, 0.3) is 11.2 Å².